The normalized spacial score (nSPS) is 10.1. The fourth-order valence-electron chi connectivity index (χ4n) is 4.32. The summed E-state index contributed by atoms with van der Waals surface area (Å²) in [6.45, 7) is 12.8. The molecule has 1 aromatic carbocycles. The molecule has 2 N–H and O–H groups in total. The van der Waals surface area contributed by atoms with E-state index in [1.807, 2.05) is 89.9 Å². The Labute approximate surface area is 278 Å². The molecule has 233 valence electrons. The zero-order valence-corrected chi connectivity index (χ0v) is 29.3. The number of hydrogen-bond donors (Lipinski definition) is 1. The number of rotatable bonds is 5. The number of nitrogens with two attached hydrogens (primary N) is 1. The van der Waals surface area contributed by atoms with Crippen molar-refractivity contribution < 1.29 is 24.5 Å². The number of pyridine rings is 3. The minimum atomic E-state index is 0. The largest absolute Gasteiger partial charge is 1.00 e. The van der Waals surface area contributed by atoms with Crippen molar-refractivity contribution in [1.82, 2.24) is 34.5 Å². The van der Waals surface area contributed by atoms with Crippen LogP contribution in [0.3, 0.4) is 0 Å². The number of ether oxygens (including phenoxy) is 1. The SMILES string of the molecule is COc1ccnc(-c2[c-]ccc(CN)c2)c1.Cc1nn(-c2ccccn2)c(C)c1C.Cc1nn(-c2ccccn2)c(C)c1C.[Os+]. The van der Waals surface area contributed by atoms with Crippen LogP contribution in [-0.2, 0) is 26.3 Å². The smallest absolute Gasteiger partial charge is 0.497 e. The molecule has 10 heteroatoms. The second kappa shape index (κ2) is 16.5. The van der Waals surface area contributed by atoms with Gasteiger partial charge in [-0.1, -0.05) is 12.1 Å². The molecule has 0 atom stereocenters. The van der Waals surface area contributed by atoms with Gasteiger partial charge in [-0.25, -0.2) is 19.3 Å². The first kappa shape index (κ1) is 35.0. The van der Waals surface area contributed by atoms with E-state index in [0.717, 1.165) is 57.0 Å². The van der Waals surface area contributed by atoms with Gasteiger partial charge in [-0.05, 0) is 94.8 Å². The van der Waals surface area contributed by atoms with Gasteiger partial charge in [0.1, 0.15) is 5.75 Å². The van der Waals surface area contributed by atoms with Gasteiger partial charge in [-0.15, -0.1) is 35.4 Å². The number of methoxy groups -OCH3 is 1. The van der Waals surface area contributed by atoms with Crippen LogP contribution in [0.5, 0.6) is 5.75 Å². The molecule has 1 radical (unpaired) electrons. The van der Waals surface area contributed by atoms with Crippen LogP contribution in [0.1, 0.15) is 39.5 Å². The molecule has 6 aromatic rings. The van der Waals surface area contributed by atoms with Gasteiger partial charge in [0.15, 0.2) is 11.6 Å². The third-order valence-electron chi connectivity index (χ3n) is 7.38. The first-order valence-electron chi connectivity index (χ1n) is 14.3. The fourth-order valence-corrected chi connectivity index (χ4v) is 4.32. The first-order chi connectivity index (χ1) is 21.2. The monoisotopic (exact) mass is 779 g/mol. The second-order valence-corrected chi connectivity index (χ2v) is 10.2. The molecule has 0 unspecified atom stereocenters. The summed E-state index contributed by atoms with van der Waals surface area (Å²) in [5.74, 6) is 2.54. The van der Waals surface area contributed by atoms with E-state index in [0.29, 0.717) is 6.54 Å². The van der Waals surface area contributed by atoms with Crippen LogP contribution in [0.2, 0.25) is 0 Å². The quantitative estimate of drug-likeness (QED) is 0.202. The zero-order valence-electron chi connectivity index (χ0n) is 26.8. The van der Waals surface area contributed by atoms with Gasteiger partial charge < -0.3 is 15.5 Å². The molecule has 0 aliphatic rings. The van der Waals surface area contributed by atoms with Crippen LogP contribution < -0.4 is 10.5 Å². The van der Waals surface area contributed by atoms with Gasteiger partial charge in [-0.2, -0.15) is 10.2 Å². The maximum Gasteiger partial charge on any atom is 1.00 e. The minimum Gasteiger partial charge on any atom is -0.497 e. The molecular formula is C35H39N8OOs. The van der Waals surface area contributed by atoms with Crippen molar-refractivity contribution >= 4 is 0 Å². The molecule has 0 saturated heterocycles. The summed E-state index contributed by atoms with van der Waals surface area (Å²) >= 11 is 0. The first-order valence-corrected chi connectivity index (χ1v) is 14.3. The Balaban J connectivity index is 0.000000183. The van der Waals surface area contributed by atoms with E-state index in [4.69, 9.17) is 10.5 Å². The predicted molar refractivity (Wildman–Crippen MR) is 174 cm³/mol. The van der Waals surface area contributed by atoms with Crippen LogP contribution in [-0.4, -0.2) is 41.6 Å². The van der Waals surface area contributed by atoms with Crippen molar-refractivity contribution in [2.45, 2.75) is 48.1 Å². The van der Waals surface area contributed by atoms with Crippen LogP contribution >= 0.6 is 0 Å². The summed E-state index contributed by atoms with van der Waals surface area (Å²) < 4.78 is 8.91. The molecule has 0 fully saturated rings. The standard InChI is InChI=1S/C13H13N2O.2C11H13N3.Os/c1-16-12-5-6-15-13(8-12)11-4-2-3-10(7-11)9-14;2*1-8-9(2)13-14(10(8)3)11-6-4-5-7-12-11;/h2-3,5-8H,9,14H2,1H3;2*4-7H,1-3H3;/q-1;;;+1. The number of aryl methyl sites for hydroxylation is 2. The summed E-state index contributed by atoms with van der Waals surface area (Å²) in [5.41, 5.74) is 15.3. The zero-order chi connectivity index (χ0) is 31.6. The Kier molecular flexibility index (Phi) is 12.8. The van der Waals surface area contributed by atoms with E-state index in [1.54, 1.807) is 25.7 Å². The predicted octanol–water partition coefficient (Wildman–Crippen LogP) is 6.40. The Morgan fingerprint density at radius 3 is 1.69 bits per heavy atom. The molecule has 0 aliphatic heterocycles. The van der Waals surface area contributed by atoms with E-state index in [9.17, 15) is 0 Å². The van der Waals surface area contributed by atoms with Gasteiger partial charge in [0.25, 0.3) is 0 Å². The van der Waals surface area contributed by atoms with Crippen molar-refractivity contribution in [3.63, 3.8) is 0 Å². The number of hydrogen-bond acceptors (Lipinski definition) is 7. The van der Waals surface area contributed by atoms with Gasteiger partial charge in [-0.3, -0.25) is 0 Å². The van der Waals surface area contributed by atoms with Crippen LogP contribution in [0.4, 0.5) is 0 Å². The van der Waals surface area contributed by atoms with Crippen molar-refractivity contribution in [2.75, 3.05) is 7.11 Å². The molecule has 0 saturated carbocycles. The second-order valence-electron chi connectivity index (χ2n) is 10.2. The third-order valence-corrected chi connectivity index (χ3v) is 7.38. The molecule has 0 aliphatic carbocycles. The van der Waals surface area contributed by atoms with Crippen molar-refractivity contribution in [3.05, 3.63) is 131 Å². The summed E-state index contributed by atoms with van der Waals surface area (Å²) in [5, 5.41) is 8.87. The molecule has 6 rings (SSSR count). The molecule has 0 amide bonds. The van der Waals surface area contributed by atoms with Gasteiger partial charge >= 0.3 is 19.8 Å². The molecular weight excluding hydrogens is 739 g/mol. The summed E-state index contributed by atoms with van der Waals surface area (Å²) in [6, 6.07) is 24.3. The third kappa shape index (κ3) is 8.78. The number of nitrogens with zero attached hydrogens (tertiary/aromatic N) is 7. The van der Waals surface area contributed by atoms with Crippen LogP contribution in [0, 0.1) is 47.6 Å². The average molecular weight is 778 g/mol. The minimum absolute atomic E-state index is 0. The maximum absolute atomic E-state index is 5.59. The maximum atomic E-state index is 5.59. The van der Waals surface area contributed by atoms with E-state index >= 15 is 0 Å². The van der Waals surface area contributed by atoms with E-state index in [2.05, 4.69) is 58.9 Å². The molecule has 5 heterocycles. The van der Waals surface area contributed by atoms with Crippen LogP contribution in [0.25, 0.3) is 22.9 Å². The molecule has 9 nitrogen and oxygen atoms in total. The summed E-state index contributed by atoms with van der Waals surface area (Å²) in [6.07, 6.45) is 5.28. The molecule has 0 spiro atoms. The molecule has 45 heavy (non-hydrogen) atoms. The van der Waals surface area contributed by atoms with Gasteiger partial charge in [0.2, 0.25) is 0 Å². The van der Waals surface area contributed by atoms with Gasteiger partial charge in [0.05, 0.1) is 18.5 Å². The van der Waals surface area contributed by atoms with Gasteiger partial charge in [0, 0.05) is 36.5 Å². The van der Waals surface area contributed by atoms with E-state index < -0.39 is 0 Å². The Hall–Kier alpha value is -4.51. The summed E-state index contributed by atoms with van der Waals surface area (Å²) in [4.78, 5) is 12.8. The van der Waals surface area contributed by atoms with Crippen LogP contribution in [0.15, 0.2) is 85.3 Å². The van der Waals surface area contributed by atoms with E-state index in [-0.39, 0.29) is 19.8 Å². The average Bonchev–Trinajstić information content (AvgIpc) is 3.49. The van der Waals surface area contributed by atoms with Crippen molar-refractivity contribution in [2.24, 2.45) is 5.73 Å². The Morgan fingerprint density at radius 1 is 0.711 bits per heavy atom. The molecule has 0 bridgehead atoms. The summed E-state index contributed by atoms with van der Waals surface area (Å²) in [7, 11) is 1.64. The number of aromatic nitrogens is 7. The van der Waals surface area contributed by atoms with E-state index in [1.165, 1.54) is 11.1 Å². The Bertz CT molecular complexity index is 1670. The van der Waals surface area contributed by atoms with Crippen molar-refractivity contribution in [3.8, 4) is 28.6 Å². The number of benzene rings is 1. The Morgan fingerprint density at radius 2 is 1.27 bits per heavy atom. The topological polar surface area (TPSA) is 110 Å². The molecule has 5 aromatic heterocycles. The fraction of sp³-hybridized carbons (Fsp3) is 0.229. The van der Waals surface area contributed by atoms with Crippen molar-refractivity contribution in [1.29, 1.82) is 0 Å².